The Morgan fingerprint density at radius 1 is 1.00 bits per heavy atom. The summed E-state index contributed by atoms with van der Waals surface area (Å²) in [6.07, 6.45) is 2.34. The second-order valence-corrected chi connectivity index (χ2v) is 4.30. The number of rotatable bonds is 5. The van der Waals surface area contributed by atoms with Gasteiger partial charge in [0.2, 0.25) is 0 Å². The molecule has 0 N–H and O–H groups in total. The molecular weight excluding hydrogens is 200 g/mol. The minimum atomic E-state index is 0.149. The van der Waals surface area contributed by atoms with Crippen LogP contribution < -0.4 is 9.47 Å². The molecule has 1 radical (unpaired) electrons. The first-order valence-corrected chi connectivity index (χ1v) is 5.80. The molecule has 0 aromatic heterocycles. The molecule has 0 spiro atoms. The zero-order chi connectivity index (χ0) is 12.1. The van der Waals surface area contributed by atoms with E-state index in [9.17, 15) is 0 Å². The third-order valence-corrected chi connectivity index (χ3v) is 2.04. The van der Waals surface area contributed by atoms with E-state index < -0.39 is 0 Å². The zero-order valence-corrected chi connectivity index (χ0v) is 10.8. The number of ether oxygens (including phenoxy) is 2. The smallest absolute Gasteiger partial charge is 0.165 e. The van der Waals surface area contributed by atoms with Gasteiger partial charge in [-0.1, -0.05) is 19.1 Å². The fraction of sp³-hybridized carbons (Fsp3) is 0.500. The van der Waals surface area contributed by atoms with Gasteiger partial charge in [0, 0.05) is 5.56 Å². The summed E-state index contributed by atoms with van der Waals surface area (Å²) in [5, 5.41) is 0. The van der Waals surface area contributed by atoms with Crippen molar-refractivity contribution >= 4 is 0 Å². The highest BCUT2D eigenvalue weighted by molar-refractivity contribution is 5.49. The highest BCUT2D eigenvalue weighted by Gasteiger charge is 2.12. The highest BCUT2D eigenvalue weighted by atomic mass is 16.5. The van der Waals surface area contributed by atoms with Gasteiger partial charge >= 0.3 is 0 Å². The molecule has 0 aliphatic heterocycles. The summed E-state index contributed by atoms with van der Waals surface area (Å²) >= 11 is 0. The van der Waals surface area contributed by atoms with Crippen LogP contribution in [0.5, 0.6) is 11.5 Å². The Hall–Kier alpha value is -1.18. The van der Waals surface area contributed by atoms with Crippen molar-refractivity contribution in [3.05, 3.63) is 30.2 Å². The van der Waals surface area contributed by atoms with E-state index in [1.165, 1.54) is 0 Å². The lowest BCUT2D eigenvalue weighted by Gasteiger charge is -2.19. The van der Waals surface area contributed by atoms with Crippen LogP contribution >= 0.6 is 0 Å². The van der Waals surface area contributed by atoms with E-state index in [4.69, 9.17) is 9.47 Å². The fourth-order valence-electron chi connectivity index (χ4n) is 1.47. The average Bonchev–Trinajstić information content (AvgIpc) is 2.19. The van der Waals surface area contributed by atoms with Crippen molar-refractivity contribution in [1.29, 1.82) is 0 Å². The van der Waals surface area contributed by atoms with E-state index in [0.717, 1.165) is 17.1 Å². The SMILES string of the molecule is C[CH]c1cccc(OC(C)C)c1OC(C)C. The van der Waals surface area contributed by atoms with E-state index >= 15 is 0 Å². The summed E-state index contributed by atoms with van der Waals surface area (Å²) in [5.74, 6) is 1.66. The molecule has 0 saturated heterocycles. The van der Waals surface area contributed by atoms with Crippen molar-refractivity contribution < 1.29 is 9.47 Å². The van der Waals surface area contributed by atoms with Gasteiger partial charge < -0.3 is 9.47 Å². The van der Waals surface area contributed by atoms with Gasteiger partial charge in [-0.2, -0.15) is 0 Å². The van der Waals surface area contributed by atoms with Gasteiger partial charge in [-0.3, -0.25) is 0 Å². The number of hydrogen-bond donors (Lipinski definition) is 0. The Labute approximate surface area is 98.6 Å². The first-order valence-electron chi connectivity index (χ1n) is 5.80. The second-order valence-electron chi connectivity index (χ2n) is 4.30. The van der Waals surface area contributed by atoms with Gasteiger partial charge in [0.25, 0.3) is 0 Å². The first-order chi connectivity index (χ1) is 7.54. The summed E-state index contributed by atoms with van der Waals surface area (Å²) in [5.41, 5.74) is 1.08. The topological polar surface area (TPSA) is 18.5 Å². The summed E-state index contributed by atoms with van der Waals surface area (Å²) in [7, 11) is 0. The molecule has 0 amide bonds. The Morgan fingerprint density at radius 2 is 1.62 bits per heavy atom. The minimum Gasteiger partial charge on any atom is -0.487 e. The van der Waals surface area contributed by atoms with E-state index in [0.29, 0.717) is 0 Å². The summed E-state index contributed by atoms with van der Waals surface area (Å²) in [6.45, 7) is 10.1. The predicted molar refractivity (Wildman–Crippen MR) is 67.0 cm³/mol. The molecule has 0 fully saturated rings. The number of para-hydroxylation sites is 1. The van der Waals surface area contributed by atoms with Crippen LogP contribution in [0.2, 0.25) is 0 Å². The summed E-state index contributed by atoms with van der Waals surface area (Å²) < 4.78 is 11.6. The molecule has 0 aliphatic rings. The molecule has 16 heavy (non-hydrogen) atoms. The molecule has 0 saturated carbocycles. The second kappa shape index (κ2) is 5.78. The fourth-order valence-corrected chi connectivity index (χ4v) is 1.47. The van der Waals surface area contributed by atoms with Crippen LogP contribution in [0.25, 0.3) is 0 Å². The van der Waals surface area contributed by atoms with Crippen molar-refractivity contribution in [3.63, 3.8) is 0 Å². The molecule has 0 aliphatic carbocycles. The van der Waals surface area contributed by atoms with Crippen LogP contribution in [0.15, 0.2) is 18.2 Å². The normalized spacial score (nSPS) is 10.9. The van der Waals surface area contributed by atoms with E-state index in [1.54, 1.807) is 0 Å². The first kappa shape index (κ1) is 12.9. The quantitative estimate of drug-likeness (QED) is 0.752. The van der Waals surface area contributed by atoms with Crippen molar-refractivity contribution in [2.75, 3.05) is 0 Å². The van der Waals surface area contributed by atoms with Gasteiger partial charge in [-0.25, -0.2) is 0 Å². The molecule has 0 heterocycles. The van der Waals surface area contributed by atoms with Crippen LogP contribution in [-0.2, 0) is 0 Å². The maximum atomic E-state index is 5.81. The maximum absolute atomic E-state index is 5.81. The molecule has 1 rings (SSSR count). The van der Waals surface area contributed by atoms with Gasteiger partial charge in [0.05, 0.1) is 12.2 Å². The molecule has 0 atom stereocenters. The molecule has 0 unspecified atom stereocenters. The van der Waals surface area contributed by atoms with Crippen LogP contribution in [0.1, 0.15) is 40.2 Å². The largest absolute Gasteiger partial charge is 0.487 e. The van der Waals surface area contributed by atoms with E-state index in [-0.39, 0.29) is 12.2 Å². The lowest BCUT2D eigenvalue weighted by molar-refractivity contribution is 0.198. The van der Waals surface area contributed by atoms with Crippen molar-refractivity contribution in [3.8, 4) is 11.5 Å². The Kier molecular flexibility index (Phi) is 4.66. The Morgan fingerprint density at radius 3 is 2.12 bits per heavy atom. The standard InChI is InChI=1S/C14H21O2/c1-6-12-8-7-9-13(15-10(2)3)14(12)16-11(4)5/h6-11H,1-5H3. The summed E-state index contributed by atoms with van der Waals surface area (Å²) in [6, 6.07) is 5.97. The van der Waals surface area contributed by atoms with Crippen molar-refractivity contribution in [2.24, 2.45) is 0 Å². The third-order valence-electron chi connectivity index (χ3n) is 2.04. The third kappa shape index (κ3) is 3.44. The Bertz CT molecular complexity index is 330. The molecule has 89 valence electrons. The monoisotopic (exact) mass is 221 g/mol. The average molecular weight is 221 g/mol. The van der Waals surface area contributed by atoms with Crippen LogP contribution in [0, 0.1) is 6.42 Å². The van der Waals surface area contributed by atoms with Crippen LogP contribution in [0.4, 0.5) is 0 Å². The number of hydrogen-bond acceptors (Lipinski definition) is 2. The molecule has 1 aromatic carbocycles. The molecule has 1 aromatic rings. The molecular formula is C14H21O2. The van der Waals surface area contributed by atoms with Gasteiger partial charge in [-0.05, 0) is 40.2 Å². The van der Waals surface area contributed by atoms with E-state index in [1.807, 2.05) is 59.2 Å². The Balaban J connectivity index is 3.04. The van der Waals surface area contributed by atoms with E-state index in [2.05, 4.69) is 0 Å². The van der Waals surface area contributed by atoms with Crippen molar-refractivity contribution in [2.45, 2.75) is 46.8 Å². The number of benzene rings is 1. The van der Waals surface area contributed by atoms with Gasteiger partial charge in [0.15, 0.2) is 11.5 Å². The van der Waals surface area contributed by atoms with Crippen LogP contribution in [0.3, 0.4) is 0 Å². The van der Waals surface area contributed by atoms with Crippen LogP contribution in [-0.4, -0.2) is 12.2 Å². The summed E-state index contributed by atoms with van der Waals surface area (Å²) in [4.78, 5) is 0. The van der Waals surface area contributed by atoms with Gasteiger partial charge in [0.1, 0.15) is 0 Å². The molecule has 0 bridgehead atoms. The lowest BCUT2D eigenvalue weighted by Crippen LogP contribution is -2.11. The lowest BCUT2D eigenvalue weighted by atomic mass is 10.1. The maximum Gasteiger partial charge on any atom is 0.165 e. The predicted octanol–water partition coefficient (Wildman–Crippen LogP) is 3.83. The molecule has 2 heteroatoms. The van der Waals surface area contributed by atoms with Crippen molar-refractivity contribution in [1.82, 2.24) is 0 Å². The van der Waals surface area contributed by atoms with Gasteiger partial charge in [-0.15, -0.1) is 0 Å². The highest BCUT2D eigenvalue weighted by Crippen LogP contribution is 2.33. The zero-order valence-electron chi connectivity index (χ0n) is 10.8. The molecule has 2 nitrogen and oxygen atoms in total. The minimum absolute atomic E-state index is 0.149.